The fraction of sp³-hybridized carbons (Fsp3) is 0.769. The van der Waals surface area contributed by atoms with Crippen LogP contribution in [0.1, 0.15) is 25.7 Å². The van der Waals surface area contributed by atoms with E-state index in [1.54, 1.807) is 4.90 Å². The van der Waals surface area contributed by atoms with E-state index < -0.39 is 36.1 Å². The number of aliphatic carboxylic acids is 3. The Morgan fingerprint density at radius 2 is 1.82 bits per heavy atom. The van der Waals surface area contributed by atoms with Crippen LogP contribution in [0.5, 0.6) is 0 Å². The van der Waals surface area contributed by atoms with Crippen LogP contribution in [0, 0.1) is 0 Å². The second kappa shape index (κ2) is 8.66. The number of hydrogen-bond donors (Lipinski definition) is 5. The summed E-state index contributed by atoms with van der Waals surface area (Å²) >= 11 is 0. The van der Waals surface area contributed by atoms with E-state index in [1.165, 1.54) is 0 Å². The quantitative estimate of drug-likeness (QED) is 0.335. The maximum atomic E-state index is 11.2. The van der Waals surface area contributed by atoms with Crippen molar-refractivity contribution in [3.05, 3.63) is 0 Å². The predicted molar refractivity (Wildman–Crippen MR) is 74.5 cm³/mol. The van der Waals surface area contributed by atoms with Gasteiger partial charge < -0.3 is 25.7 Å². The number of nitrogens with one attached hydrogen (secondary N) is 1. The lowest BCUT2D eigenvalue weighted by Gasteiger charge is -2.23. The van der Waals surface area contributed by atoms with Crippen molar-refractivity contribution in [2.75, 3.05) is 19.6 Å². The van der Waals surface area contributed by atoms with Gasteiger partial charge in [0.1, 0.15) is 12.1 Å². The fourth-order valence-corrected chi connectivity index (χ4v) is 2.50. The van der Waals surface area contributed by atoms with Gasteiger partial charge in [0.2, 0.25) is 0 Å². The van der Waals surface area contributed by atoms with E-state index in [2.05, 4.69) is 5.32 Å². The van der Waals surface area contributed by atoms with Crippen LogP contribution in [0.3, 0.4) is 0 Å². The number of carboxylic acid groups (broad SMARTS) is 3. The lowest BCUT2D eigenvalue weighted by atomic mass is 10.1. The minimum atomic E-state index is -1.53. The number of rotatable bonds is 10. The van der Waals surface area contributed by atoms with Gasteiger partial charge in [-0.1, -0.05) is 0 Å². The molecular weight excluding hydrogens is 296 g/mol. The first kappa shape index (κ1) is 18.3. The number of likely N-dealkylation sites (tertiary alicyclic amines) is 1. The zero-order valence-electron chi connectivity index (χ0n) is 12.1. The Hall–Kier alpha value is -1.71. The normalized spacial score (nSPS) is 21.4. The molecule has 1 aliphatic heterocycles. The summed E-state index contributed by atoms with van der Waals surface area (Å²) in [6.45, 7) is 1.01. The molecule has 1 heterocycles. The van der Waals surface area contributed by atoms with Crippen molar-refractivity contribution in [1.29, 1.82) is 0 Å². The van der Waals surface area contributed by atoms with Gasteiger partial charge in [-0.15, -0.1) is 0 Å². The lowest BCUT2D eigenvalue weighted by Crippen LogP contribution is -2.43. The summed E-state index contributed by atoms with van der Waals surface area (Å²) in [5, 5.41) is 38.5. The van der Waals surface area contributed by atoms with E-state index in [-0.39, 0.29) is 19.4 Å². The molecule has 0 aromatic heterocycles. The highest BCUT2D eigenvalue weighted by Crippen LogP contribution is 2.17. The van der Waals surface area contributed by atoms with Gasteiger partial charge in [0.05, 0.1) is 0 Å². The van der Waals surface area contributed by atoms with Crippen molar-refractivity contribution in [1.82, 2.24) is 10.2 Å². The van der Waals surface area contributed by atoms with Crippen LogP contribution >= 0.6 is 0 Å². The van der Waals surface area contributed by atoms with Crippen LogP contribution in [-0.2, 0) is 14.4 Å². The van der Waals surface area contributed by atoms with E-state index in [9.17, 15) is 14.4 Å². The summed E-state index contributed by atoms with van der Waals surface area (Å²) < 4.78 is 0. The van der Waals surface area contributed by atoms with E-state index in [0.717, 1.165) is 6.42 Å². The molecule has 22 heavy (non-hydrogen) atoms. The topological polar surface area (TPSA) is 147 Å². The SMILES string of the molecule is O=C(O)C(O)CCNC(CCN1CCCC1C(=O)O)C(=O)O. The van der Waals surface area contributed by atoms with E-state index in [1.807, 2.05) is 0 Å². The maximum Gasteiger partial charge on any atom is 0.332 e. The Morgan fingerprint density at radius 3 is 2.36 bits per heavy atom. The van der Waals surface area contributed by atoms with Crippen molar-refractivity contribution >= 4 is 17.9 Å². The monoisotopic (exact) mass is 318 g/mol. The van der Waals surface area contributed by atoms with Gasteiger partial charge in [-0.2, -0.15) is 0 Å². The Kier molecular flexibility index (Phi) is 7.22. The van der Waals surface area contributed by atoms with Crippen LogP contribution in [0.2, 0.25) is 0 Å². The molecule has 0 radical (unpaired) electrons. The van der Waals surface area contributed by atoms with E-state index in [0.29, 0.717) is 19.5 Å². The zero-order chi connectivity index (χ0) is 16.7. The Morgan fingerprint density at radius 1 is 1.14 bits per heavy atom. The van der Waals surface area contributed by atoms with Crippen molar-refractivity contribution < 1.29 is 34.8 Å². The average Bonchev–Trinajstić information content (AvgIpc) is 2.90. The summed E-state index contributed by atoms with van der Waals surface area (Å²) in [6.07, 6.45) is -0.0851. The second-order valence-corrected chi connectivity index (χ2v) is 5.31. The highest BCUT2D eigenvalue weighted by Gasteiger charge is 2.31. The van der Waals surface area contributed by atoms with Gasteiger partial charge >= 0.3 is 17.9 Å². The van der Waals surface area contributed by atoms with Crippen LogP contribution in [0.15, 0.2) is 0 Å². The molecule has 1 saturated heterocycles. The Labute approximate surface area is 127 Å². The molecule has 3 unspecified atom stereocenters. The molecule has 5 N–H and O–H groups in total. The number of nitrogens with zero attached hydrogens (tertiary/aromatic N) is 1. The number of hydrogen-bond acceptors (Lipinski definition) is 6. The summed E-state index contributed by atoms with van der Waals surface area (Å²) in [7, 11) is 0. The molecule has 0 aromatic carbocycles. The Bertz CT molecular complexity index is 415. The molecule has 126 valence electrons. The van der Waals surface area contributed by atoms with Gasteiger partial charge in [0, 0.05) is 6.54 Å². The van der Waals surface area contributed by atoms with Crippen molar-refractivity contribution in [2.24, 2.45) is 0 Å². The zero-order valence-corrected chi connectivity index (χ0v) is 12.1. The van der Waals surface area contributed by atoms with Gasteiger partial charge in [-0.05, 0) is 38.8 Å². The molecule has 0 saturated carbocycles. The summed E-state index contributed by atoms with van der Waals surface area (Å²) in [5.41, 5.74) is 0. The van der Waals surface area contributed by atoms with E-state index >= 15 is 0 Å². The Balaban J connectivity index is 2.39. The standard InChI is InChI=1S/C13H22N2O7/c16-10(13(21)22)3-5-14-8(11(17)18)4-7-15-6-1-2-9(15)12(19)20/h8-10,14,16H,1-7H2,(H,17,18)(H,19,20)(H,21,22). The third-order valence-corrected chi connectivity index (χ3v) is 3.75. The molecule has 1 rings (SSSR count). The summed E-state index contributed by atoms with van der Waals surface area (Å²) in [6, 6.07) is -1.47. The molecular formula is C13H22N2O7. The maximum absolute atomic E-state index is 11.2. The minimum absolute atomic E-state index is 0.0484. The van der Waals surface area contributed by atoms with Crippen LogP contribution < -0.4 is 5.32 Å². The fourth-order valence-electron chi connectivity index (χ4n) is 2.50. The molecule has 0 aliphatic carbocycles. The van der Waals surface area contributed by atoms with Crippen LogP contribution in [0.4, 0.5) is 0 Å². The van der Waals surface area contributed by atoms with Gasteiger partial charge in [-0.3, -0.25) is 14.5 Å². The molecule has 1 aliphatic rings. The summed E-state index contributed by atoms with van der Waals surface area (Å²) in [4.78, 5) is 34.4. The molecule has 9 nitrogen and oxygen atoms in total. The largest absolute Gasteiger partial charge is 0.480 e. The number of carbonyl (C=O) groups is 3. The molecule has 0 amide bonds. The lowest BCUT2D eigenvalue weighted by molar-refractivity contribution is -0.146. The second-order valence-electron chi connectivity index (χ2n) is 5.31. The molecule has 0 aromatic rings. The smallest absolute Gasteiger partial charge is 0.332 e. The molecule has 9 heteroatoms. The van der Waals surface area contributed by atoms with Crippen molar-refractivity contribution in [3.63, 3.8) is 0 Å². The third-order valence-electron chi connectivity index (χ3n) is 3.75. The first-order chi connectivity index (χ1) is 10.3. The number of carboxylic acids is 3. The average molecular weight is 318 g/mol. The highest BCUT2D eigenvalue weighted by atomic mass is 16.4. The van der Waals surface area contributed by atoms with Gasteiger partial charge in [0.15, 0.2) is 6.10 Å². The predicted octanol–water partition coefficient (Wildman–Crippen LogP) is -1.20. The minimum Gasteiger partial charge on any atom is -0.480 e. The molecule has 0 spiro atoms. The number of aliphatic hydroxyl groups is 1. The third kappa shape index (κ3) is 5.58. The van der Waals surface area contributed by atoms with Crippen LogP contribution in [-0.4, -0.2) is 81.1 Å². The first-order valence-electron chi connectivity index (χ1n) is 7.17. The van der Waals surface area contributed by atoms with Gasteiger partial charge in [-0.25, -0.2) is 4.79 Å². The summed E-state index contributed by atoms with van der Waals surface area (Å²) in [5.74, 6) is -3.34. The van der Waals surface area contributed by atoms with Gasteiger partial charge in [0.25, 0.3) is 0 Å². The molecule has 3 atom stereocenters. The van der Waals surface area contributed by atoms with Crippen LogP contribution in [0.25, 0.3) is 0 Å². The highest BCUT2D eigenvalue weighted by molar-refractivity contribution is 5.74. The first-order valence-corrected chi connectivity index (χ1v) is 7.17. The van der Waals surface area contributed by atoms with E-state index in [4.69, 9.17) is 20.4 Å². The molecule has 0 bridgehead atoms. The van der Waals surface area contributed by atoms with Crippen molar-refractivity contribution in [2.45, 2.75) is 43.9 Å². The molecule has 1 fully saturated rings. The number of aliphatic hydroxyl groups excluding tert-OH is 1. The van der Waals surface area contributed by atoms with Crippen molar-refractivity contribution in [3.8, 4) is 0 Å².